The number of rotatable bonds is 6. The largest absolute Gasteiger partial charge is 0.389 e. The van der Waals surface area contributed by atoms with Gasteiger partial charge in [-0.25, -0.2) is 0 Å². The highest BCUT2D eigenvalue weighted by atomic mass is 16.5. The van der Waals surface area contributed by atoms with E-state index in [2.05, 4.69) is 5.32 Å². The van der Waals surface area contributed by atoms with Gasteiger partial charge >= 0.3 is 0 Å². The Morgan fingerprint density at radius 3 is 2.74 bits per heavy atom. The first kappa shape index (κ1) is 14.0. The first-order valence-electron chi connectivity index (χ1n) is 6.77. The van der Waals surface area contributed by atoms with E-state index >= 15 is 0 Å². The average molecular weight is 263 g/mol. The lowest BCUT2D eigenvalue weighted by molar-refractivity contribution is -0.126. The summed E-state index contributed by atoms with van der Waals surface area (Å²) in [5, 5.41) is 12.5. The topological polar surface area (TPSA) is 58.6 Å². The monoisotopic (exact) mass is 263 g/mol. The van der Waals surface area contributed by atoms with Gasteiger partial charge in [0.1, 0.15) is 6.10 Å². The summed E-state index contributed by atoms with van der Waals surface area (Å²) in [4.78, 5) is 12.0. The SMILES string of the molecule is CC(OCC1CC1)C(=O)Nc1ccccc1C(C)O. The Kier molecular flexibility index (Phi) is 4.56. The summed E-state index contributed by atoms with van der Waals surface area (Å²) in [6.07, 6.45) is 1.33. The van der Waals surface area contributed by atoms with E-state index in [0.29, 0.717) is 23.8 Å². The zero-order chi connectivity index (χ0) is 13.8. The van der Waals surface area contributed by atoms with Crippen molar-refractivity contribution in [2.24, 2.45) is 5.92 Å². The number of amides is 1. The molecule has 1 saturated carbocycles. The summed E-state index contributed by atoms with van der Waals surface area (Å²) in [5.74, 6) is 0.466. The fraction of sp³-hybridized carbons (Fsp3) is 0.533. The van der Waals surface area contributed by atoms with Gasteiger partial charge in [0.25, 0.3) is 5.91 Å². The molecule has 2 unspecified atom stereocenters. The van der Waals surface area contributed by atoms with Crippen molar-refractivity contribution in [2.45, 2.75) is 38.9 Å². The third kappa shape index (κ3) is 4.04. The molecule has 1 aromatic carbocycles. The Hall–Kier alpha value is -1.39. The number of nitrogens with one attached hydrogen (secondary N) is 1. The summed E-state index contributed by atoms with van der Waals surface area (Å²) < 4.78 is 5.53. The Bertz CT molecular complexity index is 441. The van der Waals surface area contributed by atoms with Gasteiger partial charge in [-0.15, -0.1) is 0 Å². The Balaban J connectivity index is 1.93. The number of hydrogen-bond acceptors (Lipinski definition) is 3. The molecule has 1 aliphatic carbocycles. The Morgan fingerprint density at radius 2 is 2.11 bits per heavy atom. The van der Waals surface area contributed by atoms with E-state index in [1.807, 2.05) is 12.1 Å². The highest BCUT2D eigenvalue weighted by molar-refractivity contribution is 5.94. The van der Waals surface area contributed by atoms with Gasteiger partial charge in [-0.2, -0.15) is 0 Å². The van der Waals surface area contributed by atoms with Gasteiger partial charge in [-0.05, 0) is 38.7 Å². The standard InChI is InChI=1S/C15H21NO3/c1-10(17)13-5-3-4-6-14(13)16-15(18)11(2)19-9-12-7-8-12/h3-6,10-12,17H,7-9H2,1-2H3,(H,16,18). The molecular weight excluding hydrogens is 242 g/mol. The second kappa shape index (κ2) is 6.17. The van der Waals surface area contributed by atoms with Gasteiger partial charge in [-0.1, -0.05) is 18.2 Å². The van der Waals surface area contributed by atoms with Crippen LogP contribution in [0, 0.1) is 5.92 Å². The van der Waals surface area contributed by atoms with Crippen LogP contribution in [0.4, 0.5) is 5.69 Å². The molecular formula is C15H21NO3. The van der Waals surface area contributed by atoms with Crippen molar-refractivity contribution in [2.75, 3.05) is 11.9 Å². The number of carbonyl (C=O) groups is 1. The predicted molar refractivity (Wildman–Crippen MR) is 73.8 cm³/mol. The number of ether oxygens (including phenoxy) is 1. The van der Waals surface area contributed by atoms with Gasteiger partial charge in [-0.3, -0.25) is 4.79 Å². The molecule has 0 heterocycles. The number of carbonyl (C=O) groups excluding carboxylic acids is 1. The van der Waals surface area contributed by atoms with E-state index in [-0.39, 0.29) is 5.91 Å². The number of aliphatic hydroxyl groups is 1. The maximum Gasteiger partial charge on any atom is 0.253 e. The normalized spacial score (nSPS) is 17.8. The van der Waals surface area contributed by atoms with Gasteiger partial charge < -0.3 is 15.2 Å². The number of para-hydroxylation sites is 1. The lowest BCUT2D eigenvalue weighted by atomic mass is 10.1. The van der Waals surface area contributed by atoms with Crippen LogP contribution in [0.25, 0.3) is 0 Å². The van der Waals surface area contributed by atoms with Crippen molar-refractivity contribution >= 4 is 11.6 Å². The van der Waals surface area contributed by atoms with Crippen LogP contribution in [0.3, 0.4) is 0 Å². The minimum Gasteiger partial charge on any atom is -0.389 e. The summed E-state index contributed by atoms with van der Waals surface area (Å²) in [5.41, 5.74) is 1.36. The summed E-state index contributed by atoms with van der Waals surface area (Å²) >= 11 is 0. The van der Waals surface area contributed by atoms with E-state index in [9.17, 15) is 9.90 Å². The summed E-state index contributed by atoms with van der Waals surface area (Å²) in [6.45, 7) is 4.09. The first-order valence-corrected chi connectivity index (χ1v) is 6.77. The number of anilines is 1. The first-order chi connectivity index (χ1) is 9.08. The minimum absolute atomic E-state index is 0.172. The van der Waals surface area contributed by atoms with Crippen LogP contribution in [0.5, 0.6) is 0 Å². The van der Waals surface area contributed by atoms with Crippen LogP contribution < -0.4 is 5.32 Å². The predicted octanol–water partition coefficient (Wildman–Crippen LogP) is 2.49. The molecule has 4 nitrogen and oxygen atoms in total. The van der Waals surface area contributed by atoms with Crippen LogP contribution in [0.2, 0.25) is 0 Å². The second-order valence-corrected chi connectivity index (χ2v) is 5.17. The number of hydrogen-bond donors (Lipinski definition) is 2. The third-order valence-electron chi connectivity index (χ3n) is 3.32. The Morgan fingerprint density at radius 1 is 1.42 bits per heavy atom. The molecule has 104 valence electrons. The van der Waals surface area contributed by atoms with Crippen molar-refractivity contribution in [1.82, 2.24) is 0 Å². The lowest BCUT2D eigenvalue weighted by Gasteiger charge is -2.16. The molecule has 0 bridgehead atoms. The molecule has 19 heavy (non-hydrogen) atoms. The number of aliphatic hydroxyl groups excluding tert-OH is 1. The van der Waals surface area contributed by atoms with Crippen molar-refractivity contribution in [3.63, 3.8) is 0 Å². The molecule has 2 N–H and O–H groups in total. The fourth-order valence-corrected chi connectivity index (χ4v) is 1.85. The van der Waals surface area contributed by atoms with Crippen LogP contribution in [-0.4, -0.2) is 23.7 Å². The molecule has 1 amide bonds. The maximum absolute atomic E-state index is 12.0. The smallest absolute Gasteiger partial charge is 0.253 e. The van der Waals surface area contributed by atoms with Gasteiger partial charge in [0, 0.05) is 11.3 Å². The van der Waals surface area contributed by atoms with Crippen molar-refractivity contribution in [3.05, 3.63) is 29.8 Å². The van der Waals surface area contributed by atoms with Crippen LogP contribution in [0.15, 0.2) is 24.3 Å². The zero-order valence-corrected chi connectivity index (χ0v) is 11.4. The van der Waals surface area contributed by atoms with E-state index in [1.54, 1.807) is 26.0 Å². The minimum atomic E-state index is -0.612. The van der Waals surface area contributed by atoms with E-state index in [0.717, 1.165) is 0 Å². The summed E-state index contributed by atoms with van der Waals surface area (Å²) in [7, 11) is 0. The highest BCUT2D eigenvalue weighted by Crippen LogP contribution is 2.29. The lowest BCUT2D eigenvalue weighted by Crippen LogP contribution is -2.28. The van der Waals surface area contributed by atoms with Crippen LogP contribution in [-0.2, 0) is 9.53 Å². The van der Waals surface area contributed by atoms with Gasteiger partial charge in [0.15, 0.2) is 0 Å². The van der Waals surface area contributed by atoms with Gasteiger partial charge in [0.05, 0.1) is 12.7 Å². The van der Waals surface area contributed by atoms with E-state index in [4.69, 9.17) is 4.74 Å². The molecule has 1 aliphatic rings. The average Bonchev–Trinajstić information content (AvgIpc) is 3.20. The molecule has 4 heteroatoms. The summed E-state index contributed by atoms with van der Waals surface area (Å²) in [6, 6.07) is 7.26. The molecule has 1 aromatic rings. The molecule has 0 spiro atoms. The van der Waals surface area contributed by atoms with Crippen LogP contribution in [0.1, 0.15) is 38.4 Å². The second-order valence-electron chi connectivity index (χ2n) is 5.17. The molecule has 1 fully saturated rings. The van der Waals surface area contributed by atoms with E-state index in [1.165, 1.54) is 12.8 Å². The van der Waals surface area contributed by atoms with Gasteiger partial charge in [0.2, 0.25) is 0 Å². The quantitative estimate of drug-likeness (QED) is 0.829. The molecule has 0 saturated heterocycles. The van der Waals surface area contributed by atoms with Crippen molar-refractivity contribution in [1.29, 1.82) is 0 Å². The highest BCUT2D eigenvalue weighted by Gasteiger charge is 2.24. The number of benzene rings is 1. The Labute approximate surface area is 113 Å². The van der Waals surface area contributed by atoms with E-state index < -0.39 is 12.2 Å². The fourth-order valence-electron chi connectivity index (χ4n) is 1.85. The molecule has 0 aliphatic heterocycles. The van der Waals surface area contributed by atoms with Crippen molar-refractivity contribution in [3.8, 4) is 0 Å². The molecule has 2 rings (SSSR count). The maximum atomic E-state index is 12.0. The van der Waals surface area contributed by atoms with Crippen molar-refractivity contribution < 1.29 is 14.6 Å². The van der Waals surface area contributed by atoms with Crippen LogP contribution >= 0.6 is 0 Å². The molecule has 2 atom stereocenters. The zero-order valence-electron chi connectivity index (χ0n) is 11.4. The molecule has 0 radical (unpaired) electrons. The third-order valence-corrected chi connectivity index (χ3v) is 3.32. The molecule has 0 aromatic heterocycles.